The fraction of sp³-hybridized carbons (Fsp3) is 0.323. The quantitative estimate of drug-likeness (QED) is 0.356. The van der Waals surface area contributed by atoms with Gasteiger partial charge >= 0.3 is 0 Å². The third-order valence-electron chi connectivity index (χ3n) is 6.52. The number of aliphatic hydroxyl groups is 1. The number of carbonyl (C=O) groups is 1. The molecule has 1 unspecified atom stereocenters. The number of para-hydroxylation sites is 1. The maximum atomic E-state index is 11.1. The van der Waals surface area contributed by atoms with E-state index >= 15 is 0 Å². The molecule has 1 aliphatic rings. The molecule has 2 aromatic carbocycles. The minimum atomic E-state index is -0.102. The highest BCUT2D eigenvalue weighted by Crippen LogP contribution is 2.21. The zero-order valence-electron chi connectivity index (χ0n) is 21.7. The third kappa shape index (κ3) is 7.30. The first-order valence-corrected chi connectivity index (χ1v) is 12.7. The van der Waals surface area contributed by atoms with Crippen LogP contribution < -0.4 is 5.32 Å². The summed E-state index contributed by atoms with van der Waals surface area (Å²) in [5.41, 5.74) is 6.46. The number of benzene rings is 2. The summed E-state index contributed by atoms with van der Waals surface area (Å²) in [6, 6.07) is 22.9. The van der Waals surface area contributed by atoms with E-state index in [1.807, 2.05) is 31.2 Å². The van der Waals surface area contributed by atoms with E-state index in [1.54, 1.807) is 4.90 Å². The molecule has 1 saturated heterocycles. The summed E-state index contributed by atoms with van der Waals surface area (Å²) in [6.07, 6.45) is 11.1. The SMILES string of the molecule is C/C=C\C=C/Cc1c(C)cc(C)n1-c1ccccc1.O=CN1C(Cc2ccccc2)CNC[C@H]1CO. The molecule has 2 atom stereocenters. The maximum absolute atomic E-state index is 11.1. The molecule has 3 aromatic rings. The fourth-order valence-electron chi connectivity index (χ4n) is 4.73. The van der Waals surface area contributed by atoms with Crippen LogP contribution >= 0.6 is 0 Å². The summed E-state index contributed by atoms with van der Waals surface area (Å²) in [6.45, 7) is 7.85. The van der Waals surface area contributed by atoms with E-state index in [4.69, 9.17) is 0 Å². The number of rotatable bonds is 8. The number of hydrogen-bond acceptors (Lipinski definition) is 3. The Kier molecular flexibility index (Phi) is 10.7. The van der Waals surface area contributed by atoms with Crippen molar-refractivity contribution in [3.05, 3.63) is 114 Å². The molecule has 2 N–H and O–H groups in total. The summed E-state index contributed by atoms with van der Waals surface area (Å²) in [4.78, 5) is 12.9. The van der Waals surface area contributed by atoms with Gasteiger partial charge in [-0.25, -0.2) is 0 Å². The normalized spacial score (nSPS) is 17.8. The highest BCUT2D eigenvalue weighted by molar-refractivity contribution is 5.49. The van der Waals surface area contributed by atoms with E-state index in [2.05, 4.69) is 90.5 Å². The monoisotopic (exact) mass is 485 g/mol. The second kappa shape index (κ2) is 14.2. The second-order valence-electron chi connectivity index (χ2n) is 9.14. The molecule has 5 heteroatoms. The van der Waals surface area contributed by atoms with E-state index in [-0.39, 0.29) is 18.7 Å². The van der Waals surface area contributed by atoms with Crippen molar-refractivity contribution in [1.29, 1.82) is 0 Å². The van der Waals surface area contributed by atoms with Crippen LogP contribution in [0.4, 0.5) is 0 Å². The second-order valence-corrected chi connectivity index (χ2v) is 9.14. The minimum absolute atomic E-state index is 0.0109. The Balaban J connectivity index is 0.000000202. The first kappa shape index (κ1) is 27.2. The van der Waals surface area contributed by atoms with Gasteiger partial charge in [-0.3, -0.25) is 4.79 Å². The van der Waals surface area contributed by atoms with Gasteiger partial charge in [0.05, 0.1) is 12.6 Å². The van der Waals surface area contributed by atoms with Crippen molar-refractivity contribution in [2.24, 2.45) is 0 Å². The molecule has 4 rings (SSSR count). The summed E-state index contributed by atoms with van der Waals surface area (Å²) in [5, 5.41) is 12.5. The molecule has 1 aliphatic heterocycles. The lowest BCUT2D eigenvalue weighted by atomic mass is 10.0. The molecule has 36 heavy (non-hydrogen) atoms. The Hall–Kier alpha value is -3.41. The van der Waals surface area contributed by atoms with Crippen LogP contribution in [0.1, 0.15) is 29.4 Å². The van der Waals surface area contributed by atoms with E-state index in [1.165, 1.54) is 28.2 Å². The van der Waals surface area contributed by atoms with E-state index in [0.29, 0.717) is 6.54 Å². The van der Waals surface area contributed by atoms with Crippen LogP contribution in [0, 0.1) is 13.8 Å². The molecular weight excluding hydrogens is 446 g/mol. The van der Waals surface area contributed by atoms with Gasteiger partial charge in [0, 0.05) is 42.6 Å². The van der Waals surface area contributed by atoms with Crippen molar-refractivity contribution >= 4 is 6.41 Å². The predicted molar refractivity (Wildman–Crippen MR) is 148 cm³/mol. The van der Waals surface area contributed by atoms with Gasteiger partial charge < -0.3 is 19.9 Å². The lowest BCUT2D eigenvalue weighted by molar-refractivity contribution is -0.124. The maximum Gasteiger partial charge on any atom is 0.210 e. The van der Waals surface area contributed by atoms with Crippen molar-refractivity contribution < 1.29 is 9.90 Å². The summed E-state index contributed by atoms with van der Waals surface area (Å²) in [5.74, 6) is 0. The van der Waals surface area contributed by atoms with Crippen LogP contribution in [0.5, 0.6) is 0 Å². The number of piperazine rings is 1. The van der Waals surface area contributed by atoms with Crippen LogP contribution in [0.2, 0.25) is 0 Å². The molecule has 1 aromatic heterocycles. The number of allylic oxidation sites excluding steroid dienone is 4. The van der Waals surface area contributed by atoms with Crippen LogP contribution in [0.15, 0.2) is 91.0 Å². The van der Waals surface area contributed by atoms with Gasteiger partial charge in [0.1, 0.15) is 0 Å². The lowest BCUT2D eigenvalue weighted by Crippen LogP contribution is -2.58. The van der Waals surface area contributed by atoms with Gasteiger partial charge in [0.25, 0.3) is 0 Å². The Morgan fingerprint density at radius 3 is 2.28 bits per heavy atom. The average molecular weight is 486 g/mol. The van der Waals surface area contributed by atoms with Crippen molar-refractivity contribution in [2.45, 2.75) is 45.7 Å². The van der Waals surface area contributed by atoms with Gasteiger partial charge in [-0.15, -0.1) is 0 Å². The number of amides is 1. The molecular formula is C31H39N3O2. The average Bonchev–Trinajstić information content (AvgIpc) is 3.20. The van der Waals surface area contributed by atoms with Gasteiger partial charge in [-0.05, 0) is 56.5 Å². The summed E-state index contributed by atoms with van der Waals surface area (Å²) < 4.78 is 2.34. The van der Waals surface area contributed by atoms with Crippen LogP contribution in [-0.4, -0.2) is 52.8 Å². The smallest absolute Gasteiger partial charge is 0.210 e. The van der Waals surface area contributed by atoms with Crippen molar-refractivity contribution in [3.8, 4) is 5.69 Å². The van der Waals surface area contributed by atoms with Gasteiger partial charge in [-0.1, -0.05) is 72.8 Å². The van der Waals surface area contributed by atoms with E-state index < -0.39 is 0 Å². The van der Waals surface area contributed by atoms with Crippen molar-refractivity contribution in [1.82, 2.24) is 14.8 Å². The van der Waals surface area contributed by atoms with Gasteiger partial charge in [0.15, 0.2) is 0 Å². The standard InChI is InChI=1S/C18H21N.C13H18N2O2/c1-4-5-6-10-13-18-15(2)14-16(3)19(18)17-11-8-7-9-12-17;16-9-13-8-14-7-12(15(13)10-17)6-11-4-2-1-3-5-11/h4-12,14H,13H2,1-3H3;1-5,10,12-14,16H,6-9H2/b5-4-,10-6-;/t;12?,13-/m.0/s1. The number of aliphatic hydroxyl groups excluding tert-OH is 1. The molecule has 0 radical (unpaired) electrons. The van der Waals surface area contributed by atoms with Crippen LogP contribution in [-0.2, 0) is 17.6 Å². The molecule has 0 saturated carbocycles. The number of aromatic nitrogens is 1. The fourth-order valence-corrected chi connectivity index (χ4v) is 4.73. The predicted octanol–water partition coefficient (Wildman–Crippen LogP) is 4.79. The lowest BCUT2D eigenvalue weighted by Gasteiger charge is -2.39. The molecule has 1 fully saturated rings. The molecule has 1 amide bonds. The Morgan fingerprint density at radius 1 is 0.972 bits per heavy atom. The summed E-state index contributed by atoms with van der Waals surface area (Å²) >= 11 is 0. The first-order chi connectivity index (χ1) is 17.6. The third-order valence-corrected chi connectivity index (χ3v) is 6.52. The van der Waals surface area contributed by atoms with Gasteiger partial charge in [0.2, 0.25) is 6.41 Å². The highest BCUT2D eigenvalue weighted by atomic mass is 16.3. The minimum Gasteiger partial charge on any atom is -0.394 e. The van der Waals surface area contributed by atoms with Crippen LogP contribution in [0.3, 0.4) is 0 Å². The number of hydrogen-bond donors (Lipinski definition) is 2. The van der Waals surface area contributed by atoms with E-state index in [0.717, 1.165) is 25.8 Å². The molecule has 5 nitrogen and oxygen atoms in total. The topological polar surface area (TPSA) is 57.5 Å². The van der Waals surface area contributed by atoms with Gasteiger partial charge in [-0.2, -0.15) is 0 Å². The molecule has 190 valence electrons. The number of nitrogens with zero attached hydrogens (tertiary/aromatic N) is 2. The largest absolute Gasteiger partial charge is 0.394 e. The van der Waals surface area contributed by atoms with Crippen molar-refractivity contribution in [2.75, 3.05) is 19.7 Å². The molecule has 0 spiro atoms. The Bertz CT molecular complexity index is 1120. The number of aryl methyl sites for hydroxylation is 2. The molecule has 2 heterocycles. The number of nitrogens with one attached hydrogen (secondary N) is 1. The van der Waals surface area contributed by atoms with Crippen molar-refractivity contribution in [3.63, 3.8) is 0 Å². The molecule has 0 bridgehead atoms. The summed E-state index contributed by atoms with van der Waals surface area (Å²) in [7, 11) is 0. The number of carbonyl (C=O) groups excluding carboxylic acids is 1. The zero-order chi connectivity index (χ0) is 25.8. The first-order valence-electron chi connectivity index (χ1n) is 12.7. The Morgan fingerprint density at radius 2 is 1.64 bits per heavy atom. The van der Waals surface area contributed by atoms with Crippen LogP contribution in [0.25, 0.3) is 5.69 Å². The van der Waals surface area contributed by atoms with E-state index in [9.17, 15) is 9.90 Å². The molecule has 0 aliphatic carbocycles. The highest BCUT2D eigenvalue weighted by Gasteiger charge is 2.28. The zero-order valence-corrected chi connectivity index (χ0v) is 21.7. The Labute approximate surface area is 215 Å².